The highest BCUT2D eigenvalue weighted by Crippen LogP contribution is 2.27. The van der Waals surface area contributed by atoms with Crippen molar-refractivity contribution in [3.63, 3.8) is 0 Å². The van der Waals surface area contributed by atoms with E-state index in [4.69, 9.17) is 9.47 Å². The van der Waals surface area contributed by atoms with E-state index in [1.165, 1.54) is 18.4 Å². The van der Waals surface area contributed by atoms with Crippen LogP contribution < -0.4 is 5.32 Å². The first-order chi connectivity index (χ1) is 12.4. The molecule has 1 saturated heterocycles. The van der Waals surface area contributed by atoms with Crippen LogP contribution in [0.1, 0.15) is 20.3 Å². The third kappa shape index (κ3) is 4.19. The zero-order chi connectivity index (χ0) is 18.7. The van der Waals surface area contributed by atoms with Gasteiger partial charge < -0.3 is 14.8 Å². The largest absolute Gasteiger partial charge is 0.494 e. The minimum atomic E-state index is -3.53. The fraction of sp³-hybridized carbons (Fsp3) is 0.500. The molecule has 1 fully saturated rings. The number of amides is 1. The van der Waals surface area contributed by atoms with Crippen LogP contribution in [0.2, 0.25) is 0 Å². The van der Waals surface area contributed by atoms with Gasteiger partial charge in [0.1, 0.15) is 19.5 Å². The van der Waals surface area contributed by atoms with Crippen LogP contribution >= 0.6 is 0 Å². The van der Waals surface area contributed by atoms with Gasteiger partial charge in [0.2, 0.25) is 15.8 Å². The lowest BCUT2D eigenvalue weighted by Gasteiger charge is -2.34. The Morgan fingerprint density at radius 3 is 2.35 bits per heavy atom. The number of carbonyl (C=O) groups is 1. The van der Waals surface area contributed by atoms with Crippen LogP contribution in [-0.2, 0) is 24.3 Å². The third-order valence-corrected chi connectivity index (χ3v) is 6.30. The number of piperidine rings is 1. The molecule has 8 heteroatoms. The summed E-state index contributed by atoms with van der Waals surface area (Å²) in [5, 5.41) is 2.66. The fourth-order valence-corrected chi connectivity index (χ4v) is 5.02. The molecule has 0 aliphatic carbocycles. The van der Waals surface area contributed by atoms with Crippen molar-refractivity contribution in [2.24, 2.45) is 11.8 Å². The fourth-order valence-electron chi connectivity index (χ4n) is 3.34. The van der Waals surface area contributed by atoms with Crippen molar-refractivity contribution < 1.29 is 22.7 Å². The third-order valence-electron chi connectivity index (χ3n) is 4.46. The maximum atomic E-state index is 12.9. The summed E-state index contributed by atoms with van der Waals surface area (Å²) in [6.07, 6.45) is 2.31. The van der Waals surface area contributed by atoms with E-state index in [9.17, 15) is 13.2 Å². The van der Waals surface area contributed by atoms with E-state index in [1.54, 1.807) is 16.4 Å². The molecule has 2 heterocycles. The predicted octanol–water partition coefficient (Wildman–Crippen LogP) is 2.18. The molecular formula is C18H24N2O5S. The average molecular weight is 380 g/mol. The monoisotopic (exact) mass is 380 g/mol. The van der Waals surface area contributed by atoms with Gasteiger partial charge in [0.05, 0.1) is 4.90 Å². The number of nitrogens with zero attached hydrogens (tertiary/aromatic N) is 1. The molecule has 2 atom stereocenters. The minimum Gasteiger partial charge on any atom is -0.494 e. The maximum absolute atomic E-state index is 12.9. The van der Waals surface area contributed by atoms with Gasteiger partial charge in [-0.15, -0.1) is 0 Å². The van der Waals surface area contributed by atoms with Crippen molar-refractivity contribution in [2.45, 2.75) is 25.2 Å². The van der Waals surface area contributed by atoms with Crippen molar-refractivity contribution in [1.82, 2.24) is 4.31 Å². The standard InChI is InChI=1S/C18H24N2O5S/c1-13-9-14(2)11-20(10-13)26(22,23)16-5-3-15(4-6-16)19-18(21)17-12-24-7-8-25-17/h3-6,12-14H,7-11H2,1-2H3,(H,19,21)/t13-,14-/m0/s1. The zero-order valence-electron chi connectivity index (χ0n) is 15.0. The summed E-state index contributed by atoms with van der Waals surface area (Å²) in [7, 11) is -3.53. The van der Waals surface area contributed by atoms with Crippen LogP contribution in [0.3, 0.4) is 0 Å². The lowest BCUT2D eigenvalue weighted by molar-refractivity contribution is -0.117. The number of hydrogen-bond acceptors (Lipinski definition) is 5. The minimum absolute atomic E-state index is 0.101. The number of hydrogen-bond donors (Lipinski definition) is 1. The van der Waals surface area contributed by atoms with Crippen LogP contribution in [0.25, 0.3) is 0 Å². The number of nitrogens with one attached hydrogen (secondary N) is 1. The second-order valence-corrected chi connectivity index (χ2v) is 8.89. The Morgan fingerprint density at radius 1 is 1.12 bits per heavy atom. The van der Waals surface area contributed by atoms with Crippen molar-refractivity contribution in [3.8, 4) is 0 Å². The van der Waals surface area contributed by atoms with Gasteiger partial charge in [-0.05, 0) is 42.5 Å². The van der Waals surface area contributed by atoms with Gasteiger partial charge in [0.15, 0.2) is 0 Å². The first-order valence-electron chi connectivity index (χ1n) is 8.72. The number of sulfonamides is 1. The first-order valence-corrected chi connectivity index (χ1v) is 10.2. The highest BCUT2D eigenvalue weighted by Gasteiger charge is 2.31. The molecule has 0 radical (unpaired) electrons. The summed E-state index contributed by atoms with van der Waals surface area (Å²) in [4.78, 5) is 12.3. The topological polar surface area (TPSA) is 84.9 Å². The van der Waals surface area contributed by atoms with Gasteiger partial charge in [0, 0.05) is 18.8 Å². The summed E-state index contributed by atoms with van der Waals surface area (Å²) in [5.74, 6) is 0.361. The van der Waals surface area contributed by atoms with Crippen molar-refractivity contribution >= 4 is 21.6 Å². The number of anilines is 1. The Kier molecular flexibility index (Phi) is 5.52. The van der Waals surface area contributed by atoms with Crippen LogP contribution in [-0.4, -0.2) is 44.9 Å². The van der Waals surface area contributed by atoms with E-state index in [1.807, 2.05) is 0 Å². The number of ether oxygens (including phenoxy) is 2. The summed E-state index contributed by atoms with van der Waals surface area (Å²) >= 11 is 0. The summed E-state index contributed by atoms with van der Waals surface area (Å²) in [6, 6.07) is 6.18. The number of rotatable bonds is 4. The Morgan fingerprint density at radius 2 is 1.77 bits per heavy atom. The molecule has 0 aromatic heterocycles. The summed E-state index contributed by atoms with van der Waals surface area (Å²) in [6.45, 7) is 5.96. The van der Waals surface area contributed by atoms with Gasteiger partial charge in [0.25, 0.3) is 5.91 Å². The van der Waals surface area contributed by atoms with Gasteiger partial charge in [-0.3, -0.25) is 4.79 Å². The summed E-state index contributed by atoms with van der Waals surface area (Å²) < 4.78 is 37.5. The van der Waals surface area contributed by atoms with E-state index >= 15 is 0 Å². The lowest BCUT2D eigenvalue weighted by Crippen LogP contribution is -2.42. The first kappa shape index (κ1) is 18.7. The zero-order valence-corrected chi connectivity index (χ0v) is 15.8. The smallest absolute Gasteiger partial charge is 0.294 e. The molecule has 0 bridgehead atoms. The Bertz CT molecular complexity index is 778. The molecule has 2 aliphatic rings. The molecule has 142 valence electrons. The summed E-state index contributed by atoms with van der Waals surface area (Å²) in [5.41, 5.74) is 0.490. The van der Waals surface area contributed by atoms with Gasteiger partial charge in [-0.2, -0.15) is 4.31 Å². The van der Waals surface area contributed by atoms with Crippen LogP contribution in [0.15, 0.2) is 41.2 Å². The Labute approximate surface area is 154 Å². The molecule has 1 N–H and O–H groups in total. The predicted molar refractivity (Wildman–Crippen MR) is 96.8 cm³/mol. The molecule has 0 saturated carbocycles. The molecular weight excluding hydrogens is 356 g/mol. The van der Waals surface area contributed by atoms with E-state index in [0.717, 1.165) is 6.42 Å². The second kappa shape index (κ2) is 7.67. The molecule has 2 aliphatic heterocycles. The molecule has 1 aromatic rings. The SMILES string of the molecule is C[C@H]1C[C@H](C)CN(S(=O)(=O)c2ccc(NC(=O)C3=COCCO3)cc2)C1. The lowest BCUT2D eigenvalue weighted by atomic mass is 9.94. The second-order valence-electron chi connectivity index (χ2n) is 6.95. The molecule has 3 rings (SSSR count). The van der Waals surface area contributed by atoms with E-state index < -0.39 is 15.9 Å². The highest BCUT2D eigenvalue weighted by atomic mass is 32.2. The number of carbonyl (C=O) groups excluding carboxylic acids is 1. The van der Waals surface area contributed by atoms with Crippen molar-refractivity contribution in [3.05, 3.63) is 36.3 Å². The van der Waals surface area contributed by atoms with E-state index in [-0.39, 0.29) is 10.7 Å². The molecule has 1 aromatic carbocycles. The molecule has 0 spiro atoms. The normalized spacial score (nSPS) is 24.2. The highest BCUT2D eigenvalue weighted by molar-refractivity contribution is 7.89. The quantitative estimate of drug-likeness (QED) is 0.865. The van der Waals surface area contributed by atoms with Crippen LogP contribution in [0.5, 0.6) is 0 Å². The Balaban J connectivity index is 1.70. The van der Waals surface area contributed by atoms with Gasteiger partial charge >= 0.3 is 0 Å². The molecule has 0 unspecified atom stereocenters. The van der Waals surface area contributed by atoms with Gasteiger partial charge in [-0.1, -0.05) is 13.8 Å². The van der Waals surface area contributed by atoms with Crippen LogP contribution in [0.4, 0.5) is 5.69 Å². The average Bonchev–Trinajstić information content (AvgIpc) is 2.62. The van der Waals surface area contributed by atoms with Crippen LogP contribution in [0, 0.1) is 11.8 Å². The van der Waals surface area contributed by atoms with E-state index in [2.05, 4.69) is 19.2 Å². The number of benzene rings is 1. The van der Waals surface area contributed by atoms with E-state index in [0.29, 0.717) is 43.8 Å². The maximum Gasteiger partial charge on any atom is 0.294 e. The molecule has 26 heavy (non-hydrogen) atoms. The van der Waals surface area contributed by atoms with Crippen molar-refractivity contribution in [1.29, 1.82) is 0 Å². The molecule has 7 nitrogen and oxygen atoms in total. The van der Waals surface area contributed by atoms with Crippen molar-refractivity contribution in [2.75, 3.05) is 31.6 Å². The van der Waals surface area contributed by atoms with Gasteiger partial charge in [-0.25, -0.2) is 8.42 Å². The molecule has 1 amide bonds. The Hall–Kier alpha value is -2.06.